The topological polar surface area (TPSA) is 81.7 Å². The first-order chi connectivity index (χ1) is 13.5. The second-order valence-corrected chi connectivity index (χ2v) is 7.50. The molecule has 8 nitrogen and oxygen atoms in total. The fourth-order valence-corrected chi connectivity index (χ4v) is 3.76. The number of aryl methyl sites for hydroxylation is 2. The van der Waals surface area contributed by atoms with Crippen LogP contribution in [0.1, 0.15) is 41.5 Å². The zero-order valence-corrected chi connectivity index (χ0v) is 16.5. The van der Waals surface area contributed by atoms with Crippen molar-refractivity contribution in [3.8, 4) is 5.69 Å². The quantitative estimate of drug-likeness (QED) is 0.692. The molecule has 1 saturated heterocycles. The van der Waals surface area contributed by atoms with Crippen LogP contribution in [0.3, 0.4) is 0 Å². The summed E-state index contributed by atoms with van der Waals surface area (Å²) in [4.78, 5) is 14.7. The molecule has 0 atom stereocenters. The summed E-state index contributed by atoms with van der Waals surface area (Å²) in [6.45, 7) is 5.49. The predicted molar refractivity (Wildman–Crippen MR) is 104 cm³/mol. The second-order valence-electron chi connectivity index (χ2n) is 7.50. The van der Waals surface area contributed by atoms with Gasteiger partial charge in [-0.05, 0) is 38.8 Å². The third kappa shape index (κ3) is 3.54. The van der Waals surface area contributed by atoms with Gasteiger partial charge >= 0.3 is 0 Å². The van der Waals surface area contributed by atoms with E-state index in [1.807, 2.05) is 47.7 Å². The summed E-state index contributed by atoms with van der Waals surface area (Å²) in [6, 6.07) is 8.12. The number of carbonyl (C=O) groups is 1. The molecule has 28 heavy (non-hydrogen) atoms. The Morgan fingerprint density at radius 2 is 1.82 bits per heavy atom. The summed E-state index contributed by atoms with van der Waals surface area (Å²) in [6.07, 6.45) is 3.83. The van der Waals surface area contributed by atoms with Gasteiger partial charge in [0.1, 0.15) is 12.2 Å². The number of carbonyl (C=O) groups excluding carboxylic acids is 1. The standard InChI is InChI=1S/C20H25N7O/c1-14-4-6-17(7-5-14)27-15(2)18(22-24-27)12-19(28)26-10-8-16(9-11-26)20-23-21-13-25(20)3/h4-7,13,16H,8-12H2,1-3H3. The molecule has 1 aliphatic rings. The molecule has 2 aromatic heterocycles. The molecule has 0 aliphatic carbocycles. The van der Waals surface area contributed by atoms with Crippen LogP contribution in [-0.2, 0) is 18.3 Å². The number of amides is 1. The lowest BCUT2D eigenvalue weighted by Gasteiger charge is -2.31. The first-order valence-corrected chi connectivity index (χ1v) is 9.63. The van der Waals surface area contributed by atoms with Crippen molar-refractivity contribution in [1.29, 1.82) is 0 Å². The number of hydrogen-bond acceptors (Lipinski definition) is 5. The highest BCUT2D eigenvalue weighted by Gasteiger charge is 2.27. The first kappa shape index (κ1) is 18.3. The van der Waals surface area contributed by atoms with Crippen molar-refractivity contribution < 1.29 is 4.79 Å². The summed E-state index contributed by atoms with van der Waals surface area (Å²) < 4.78 is 3.76. The summed E-state index contributed by atoms with van der Waals surface area (Å²) in [7, 11) is 1.97. The monoisotopic (exact) mass is 379 g/mol. The Balaban J connectivity index is 1.39. The molecule has 1 aromatic carbocycles. The van der Waals surface area contributed by atoms with Gasteiger partial charge in [0.15, 0.2) is 0 Å². The molecule has 0 bridgehead atoms. The van der Waals surface area contributed by atoms with Crippen LogP contribution in [0, 0.1) is 13.8 Å². The van der Waals surface area contributed by atoms with Crippen LogP contribution in [0.5, 0.6) is 0 Å². The van der Waals surface area contributed by atoms with Crippen molar-refractivity contribution in [2.75, 3.05) is 13.1 Å². The molecule has 0 spiro atoms. The molecular weight excluding hydrogens is 354 g/mol. The highest BCUT2D eigenvalue weighted by atomic mass is 16.2. The minimum atomic E-state index is 0.107. The van der Waals surface area contributed by atoms with Crippen molar-refractivity contribution in [1.82, 2.24) is 34.7 Å². The van der Waals surface area contributed by atoms with Crippen LogP contribution in [-0.4, -0.2) is 53.7 Å². The van der Waals surface area contributed by atoms with Crippen LogP contribution in [0.15, 0.2) is 30.6 Å². The predicted octanol–water partition coefficient (Wildman–Crippen LogP) is 1.96. The van der Waals surface area contributed by atoms with Gasteiger partial charge in [-0.3, -0.25) is 4.79 Å². The van der Waals surface area contributed by atoms with Gasteiger partial charge in [-0.25, -0.2) is 4.68 Å². The van der Waals surface area contributed by atoms with Gasteiger partial charge in [0.05, 0.1) is 23.5 Å². The van der Waals surface area contributed by atoms with E-state index in [-0.39, 0.29) is 12.3 Å². The Morgan fingerprint density at radius 3 is 2.46 bits per heavy atom. The van der Waals surface area contributed by atoms with Gasteiger partial charge in [0.25, 0.3) is 0 Å². The third-order valence-electron chi connectivity index (χ3n) is 5.55. The van der Waals surface area contributed by atoms with Crippen LogP contribution in [0.4, 0.5) is 0 Å². The number of nitrogens with zero attached hydrogens (tertiary/aromatic N) is 7. The molecule has 3 heterocycles. The van der Waals surface area contributed by atoms with Crippen molar-refractivity contribution in [2.24, 2.45) is 7.05 Å². The van der Waals surface area contributed by atoms with Gasteiger partial charge in [-0.15, -0.1) is 15.3 Å². The van der Waals surface area contributed by atoms with Crippen molar-refractivity contribution in [3.05, 3.63) is 53.4 Å². The smallest absolute Gasteiger partial charge is 0.228 e. The number of piperidine rings is 1. The van der Waals surface area contributed by atoms with Gasteiger partial charge in [0, 0.05) is 26.1 Å². The van der Waals surface area contributed by atoms with Gasteiger partial charge in [0.2, 0.25) is 5.91 Å². The maximum absolute atomic E-state index is 12.8. The lowest BCUT2D eigenvalue weighted by molar-refractivity contribution is -0.131. The van der Waals surface area contributed by atoms with E-state index in [1.165, 1.54) is 5.56 Å². The third-order valence-corrected chi connectivity index (χ3v) is 5.55. The normalized spacial score (nSPS) is 15.2. The van der Waals surface area contributed by atoms with Gasteiger partial charge < -0.3 is 9.47 Å². The Bertz CT molecular complexity index is 965. The maximum atomic E-state index is 12.8. The lowest BCUT2D eigenvalue weighted by atomic mass is 9.95. The SMILES string of the molecule is Cc1ccc(-n2nnc(CC(=O)N3CCC(c4nncn4C)CC3)c2C)cc1. The zero-order chi connectivity index (χ0) is 19.7. The fourth-order valence-electron chi connectivity index (χ4n) is 3.76. The molecular formula is C20H25N7O. The Hall–Kier alpha value is -3.03. The molecule has 1 aliphatic heterocycles. The average Bonchev–Trinajstić information content (AvgIpc) is 3.29. The number of likely N-dealkylation sites (tertiary alicyclic amines) is 1. The van der Waals surface area contributed by atoms with Crippen LogP contribution in [0.25, 0.3) is 5.69 Å². The van der Waals surface area contributed by atoms with E-state index in [4.69, 9.17) is 0 Å². The summed E-state index contributed by atoms with van der Waals surface area (Å²) in [5.74, 6) is 1.47. The first-order valence-electron chi connectivity index (χ1n) is 9.63. The molecule has 1 amide bonds. The Kier molecular flexibility index (Phi) is 4.93. The average molecular weight is 379 g/mol. The molecule has 146 valence electrons. The molecule has 0 N–H and O–H groups in total. The van der Waals surface area contributed by atoms with Gasteiger partial charge in [-0.2, -0.15) is 0 Å². The Labute approximate surface area is 164 Å². The van der Waals surface area contributed by atoms with Crippen molar-refractivity contribution in [2.45, 2.75) is 39.0 Å². The second kappa shape index (κ2) is 7.53. The largest absolute Gasteiger partial charge is 0.342 e. The number of benzene rings is 1. The fraction of sp³-hybridized carbons (Fsp3) is 0.450. The highest BCUT2D eigenvalue weighted by Crippen LogP contribution is 2.26. The van der Waals surface area contributed by atoms with E-state index in [0.29, 0.717) is 5.92 Å². The van der Waals surface area contributed by atoms with Crippen LogP contribution >= 0.6 is 0 Å². The molecule has 1 fully saturated rings. The zero-order valence-electron chi connectivity index (χ0n) is 16.5. The van der Waals surface area contributed by atoms with E-state index < -0.39 is 0 Å². The van der Waals surface area contributed by atoms with E-state index in [0.717, 1.165) is 48.8 Å². The van der Waals surface area contributed by atoms with E-state index in [2.05, 4.69) is 27.4 Å². The van der Waals surface area contributed by atoms with Gasteiger partial charge in [-0.1, -0.05) is 22.9 Å². The van der Waals surface area contributed by atoms with E-state index in [9.17, 15) is 4.79 Å². The number of rotatable bonds is 4. The summed E-state index contributed by atoms with van der Waals surface area (Å²) in [5.41, 5.74) is 3.80. The number of hydrogen-bond donors (Lipinski definition) is 0. The summed E-state index contributed by atoms with van der Waals surface area (Å²) in [5, 5.41) is 16.7. The molecule has 0 radical (unpaired) electrons. The minimum absolute atomic E-state index is 0.107. The van der Waals surface area contributed by atoms with Crippen molar-refractivity contribution >= 4 is 5.91 Å². The molecule has 0 saturated carbocycles. The van der Waals surface area contributed by atoms with E-state index >= 15 is 0 Å². The molecule has 4 rings (SSSR count). The van der Waals surface area contributed by atoms with Crippen LogP contribution < -0.4 is 0 Å². The molecule has 0 unspecified atom stereocenters. The summed E-state index contributed by atoms with van der Waals surface area (Å²) >= 11 is 0. The maximum Gasteiger partial charge on any atom is 0.228 e. The van der Waals surface area contributed by atoms with E-state index in [1.54, 1.807) is 11.0 Å². The lowest BCUT2D eigenvalue weighted by Crippen LogP contribution is -2.39. The number of aromatic nitrogens is 6. The van der Waals surface area contributed by atoms with Crippen molar-refractivity contribution in [3.63, 3.8) is 0 Å². The van der Waals surface area contributed by atoms with Crippen LogP contribution in [0.2, 0.25) is 0 Å². The molecule has 8 heteroatoms. The minimum Gasteiger partial charge on any atom is -0.342 e. The highest BCUT2D eigenvalue weighted by molar-refractivity contribution is 5.78. The molecule has 3 aromatic rings. The Morgan fingerprint density at radius 1 is 1.11 bits per heavy atom.